The van der Waals surface area contributed by atoms with Crippen LogP contribution in [-0.2, 0) is 16.4 Å². The van der Waals surface area contributed by atoms with Crippen molar-refractivity contribution in [1.29, 1.82) is 0 Å². The molecule has 4 nitrogen and oxygen atoms in total. The Morgan fingerprint density at radius 2 is 1.37 bits per heavy atom. The second kappa shape index (κ2) is 13.0. The Morgan fingerprint density at radius 1 is 0.743 bits per heavy atom. The van der Waals surface area contributed by atoms with E-state index < -0.39 is 10.0 Å². The smallest absolute Gasteiger partial charge is 0.240 e. The van der Waals surface area contributed by atoms with Crippen molar-refractivity contribution < 1.29 is 8.42 Å². The highest BCUT2D eigenvalue weighted by atomic mass is 32.2. The van der Waals surface area contributed by atoms with Crippen molar-refractivity contribution in [2.45, 2.75) is 49.8 Å². The van der Waals surface area contributed by atoms with Gasteiger partial charge in [-0.1, -0.05) is 79.2 Å². The summed E-state index contributed by atoms with van der Waals surface area (Å²) in [5.74, 6) is 0.857. The Morgan fingerprint density at radius 3 is 2.06 bits per heavy atom. The summed E-state index contributed by atoms with van der Waals surface area (Å²) >= 11 is 0. The number of sulfonamides is 1. The number of nitrogens with one attached hydrogen (secondary N) is 1. The second-order valence-corrected chi connectivity index (χ2v) is 11.4. The molecule has 1 saturated heterocycles. The number of rotatable bonds is 12. The first-order valence-electron chi connectivity index (χ1n) is 13.0. The molecule has 0 bridgehead atoms. The first-order chi connectivity index (χ1) is 17.1. The molecular weight excluding hydrogens is 452 g/mol. The summed E-state index contributed by atoms with van der Waals surface area (Å²) in [6.45, 7) is 3.90. The molecule has 1 heterocycles. The van der Waals surface area contributed by atoms with Gasteiger partial charge in [-0.05, 0) is 92.9 Å². The molecule has 0 spiro atoms. The Hall–Kier alpha value is -2.47. The Bertz CT molecular complexity index is 1110. The molecule has 1 aliphatic rings. The Balaban J connectivity index is 1.09. The summed E-state index contributed by atoms with van der Waals surface area (Å²) in [5, 5.41) is 0. The number of nitrogens with zero attached hydrogens (tertiary/aromatic N) is 1. The molecular formula is C30H38N2O2S. The fraction of sp³-hybridized carbons (Fsp3) is 0.400. The summed E-state index contributed by atoms with van der Waals surface area (Å²) in [5.41, 5.74) is 3.55. The van der Waals surface area contributed by atoms with Crippen LogP contribution in [-0.4, -0.2) is 39.5 Å². The first-order valence-corrected chi connectivity index (χ1v) is 14.5. The summed E-state index contributed by atoms with van der Waals surface area (Å²) in [4.78, 5) is 2.87. The molecule has 5 heteroatoms. The van der Waals surface area contributed by atoms with Crippen LogP contribution in [0.4, 0.5) is 0 Å². The number of likely N-dealkylation sites (tertiary alicyclic amines) is 1. The largest absolute Gasteiger partial charge is 0.303 e. The SMILES string of the molecule is O=S(=O)(NCCCCN1CCC(CCCc2ccccc2)CC1)c1ccc(-c2ccccc2)cc1. The monoisotopic (exact) mass is 490 g/mol. The van der Waals surface area contributed by atoms with Gasteiger partial charge in [0.15, 0.2) is 0 Å². The van der Waals surface area contributed by atoms with E-state index in [9.17, 15) is 8.42 Å². The predicted molar refractivity (Wildman–Crippen MR) is 145 cm³/mol. The number of piperidine rings is 1. The lowest BCUT2D eigenvalue weighted by atomic mass is 9.90. The third-order valence-electron chi connectivity index (χ3n) is 7.09. The van der Waals surface area contributed by atoms with E-state index in [1.54, 1.807) is 12.1 Å². The molecule has 0 saturated carbocycles. The normalized spacial score (nSPS) is 15.3. The van der Waals surface area contributed by atoms with Crippen molar-refractivity contribution in [3.05, 3.63) is 90.5 Å². The van der Waals surface area contributed by atoms with E-state index in [4.69, 9.17) is 0 Å². The molecule has 0 aliphatic carbocycles. The van der Waals surface area contributed by atoms with E-state index in [0.29, 0.717) is 11.4 Å². The summed E-state index contributed by atoms with van der Waals surface area (Å²) in [6, 6.07) is 27.9. The highest BCUT2D eigenvalue weighted by molar-refractivity contribution is 7.89. The minimum absolute atomic E-state index is 0.325. The zero-order valence-corrected chi connectivity index (χ0v) is 21.4. The molecule has 0 radical (unpaired) electrons. The molecule has 1 fully saturated rings. The number of hydrogen-bond acceptors (Lipinski definition) is 3. The number of aryl methyl sites for hydroxylation is 1. The predicted octanol–water partition coefficient (Wildman–Crippen LogP) is 6.15. The maximum Gasteiger partial charge on any atom is 0.240 e. The van der Waals surface area contributed by atoms with Gasteiger partial charge in [0.2, 0.25) is 10.0 Å². The van der Waals surface area contributed by atoms with Crippen LogP contribution in [0.15, 0.2) is 89.8 Å². The van der Waals surface area contributed by atoms with Crippen molar-refractivity contribution in [3.63, 3.8) is 0 Å². The van der Waals surface area contributed by atoms with Gasteiger partial charge in [-0.25, -0.2) is 13.1 Å². The van der Waals surface area contributed by atoms with Crippen LogP contribution in [0.2, 0.25) is 0 Å². The van der Waals surface area contributed by atoms with E-state index in [1.165, 1.54) is 50.8 Å². The zero-order valence-electron chi connectivity index (χ0n) is 20.6. The number of benzene rings is 3. The second-order valence-electron chi connectivity index (χ2n) is 9.66. The maximum atomic E-state index is 12.6. The van der Waals surface area contributed by atoms with Crippen LogP contribution in [0.1, 0.15) is 44.1 Å². The summed E-state index contributed by atoms with van der Waals surface area (Å²) < 4.78 is 28.0. The molecule has 3 aromatic carbocycles. The maximum absolute atomic E-state index is 12.6. The molecule has 3 aromatic rings. The van der Waals surface area contributed by atoms with Gasteiger partial charge in [-0.3, -0.25) is 0 Å². The quantitative estimate of drug-likeness (QED) is 0.310. The molecule has 0 unspecified atom stereocenters. The fourth-order valence-electron chi connectivity index (χ4n) is 4.95. The minimum atomic E-state index is -3.46. The highest BCUT2D eigenvalue weighted by Crippen LogP contribution is 2.23. The van der Waals surface area contributed by atoms with Gasteiger partial charge in [-0.2, -0.15) is 0 Å². The third-order valence-corrected chi connectivity index (χ3v) is 8.57. The standard InChI is InChI=1S/C30H38N2O2S/c33-35(34,30-18-16-29(17-19-30)28-14-5-2-6-15-28)31-22-7-8-23-32-24-20-27(21-25-32)13-9-12-26-10-3-1-4-11-26/h1-6,10-11,14-19,27,31H,7-9,12-13,20-25H2. The molecule has 186 valence electrons. The summed E-state index contributed by atoms with van der Waals surface area (Å²) in [7, 11) is -3.46. The van der Waals surface area contributed by atoms with Crippen molar-refractivity contribution in [3.8, 4) is 11.1 Å². The van der Waals surface area contributed by atoms with Gasteiger partial charge in [0.25, 0.3) is 0 Å². The van der Waals surface area contributed by atoms with Crippen LogP contribution >= 0.6 is 0 Å². The van der Waals surface area contributed by atoms with Crippen molar-refractivity contribution >= 4 is 10.0 Å². The molecule has 0 atom stereocenters. The molecule has 4 rings (SSSR count). The van der Waals surface area contributed by atoms with Gasteiger partial charge in [0, 0.05) is 6.54 Å². The molecule has 1 aliphatic heterocycles. The van der Waals surface area contributed by atoms with Gasteiger partial charge in [-0.15, -0.1) is 0 Å². The lowest BCUT2D eigenvalue weighted by molar-refractivity contribution is 0.175. The van der Waals surface area contributed by atoms with E-state index in [1.807, 2.05) is 42.5 Å². The first kappa shape index (κ1) is 25.6. The molecule has 35 heavy (non-hydrogen) atoms. The van der Waals surface area contributed by atoms with Crippen LogP contribution < -0.4 is 4.72 Å². The highest BCUT2D eigenvalue weighted by Gasteiger charge is 2.19. The summed E-state index contributed by atoms with van der Waals surface area (Å²) in [6.07, 6.45) is 8.27. The molecule has 0 aromatic heterocycles. The number of unbranched alkanes of at least 4 members (excludes halogenated alkanes) is 1. The Labute approximate surface area is 211 Å². The van der Waals surface area contributed by atoms with Crippen LogP contribution in [0.25, 0.3) is 11.1 Å². The van der Waals surface area contributed by atoms with Crippen molar-refractivity contribution in [1.82, 2.24) is 9.62 Å². The van der Waals surface area contributed by atoms with Gasteiger partial charge in [0.1, 0.15) is 0 Å². The fourth-order valence-corrected chi connectivity index (χ4v) is 6.02. The zero-order chi connectivity index (χ0) is 24.3. The van der Waals surface area contributed by atoms with Gasteiger partial charge in [0.05, 0.1) is 4.90 Å². The van der Waals surface area contributed by atoms with E-state index in [2.05, 4.69) is 40.0 Å². The van der Waals surface area contributed by atoms with E-state index in [-0.39, 0.29) is 0 Å². The average Bonchev–Trinajstić information content (AvgIpc) is 2.90. The van der Waals surface area contributed by atoms with Crippen molar-refractivity contribution in [2.75, 3.05) is 26.2 Å². The van der Waals surface area contributed by atoms with Crippen molar-refractivity contribution in [2.24, 2.45) is 5.92 Å². The van der Waals surface area contributed by atoms with Crippen LogP contribution in [0, 0.1) is 5.92 Å². The topological polar surface area (TPSA) is 49.4 Å². The Kier molecular flexibility index (Phi) is 9.52. The van der Waals surface area contributed by atoms with Gasteiger partial charge < -0.3 is 4.90 Å². The lowest BCUT2D eigenvalue weighted by Crippen LogP contribution is -2.34. The number of hydrogen-bond donors (Lipinski definition) is 1. The molecule has 0 amide bonds. The lowest BCUT2D eigenvalue weighted by Gasteiger charge is -2.32. The third kappa shape index (κ3) is 8.03. The average molecular weight is 491 g/mol. The van der Waals surface area contributed by atoms with Gasteiger partial charge >= 0.3 is 0 Å². The van der Waals surface area contributed by atoms with Crippen LogP contribution in [0.5, 0.6) is 0 Å². The van der Waals surface area contributed by atoms with Crippen LogP contribution in [0.3, 0.4) is 0 Å². The minimum Gasteiger partial charge on any atom is -0.303 e. The molecule has 1 N–H and O–H groups in total. The van der Waals surface area contributed by atoms with E-state index >= 15 is 0 Å². The van der Waals surface area contributed by atoms with E-state index in [0.717, 1.165) is 36.4 Å².